The predicted molar refractivity (Wildman–Crippen MR) is 79.5 cm³/mol. The monoisotopic (exact) mass is 270 g/mol. The Morgan fingerprint density at radius 1 is 1.15 bits per heavy atom. The van der Waals surface area contributed by atoms with Gasteiger partial charge >= 0.3 is 0 Å². The Bertz CT molecular complexity index is 570. The van der Waals surface area contributed by atoms with Crippen LogP contribution < -0.4 is 5.32 Å². The van der Waals surface area contributed by atoms with E-state index in [0.717, 1.165) is 11.3 Å². The van der Waals surface area contributed by atoms with Gasteiger partial charge in [0.25, 0.3) is 0 Å². The van der Waals surface area contributed by atoms with Crippen LogP contribution in [0.25, 0.3) is 0 Å². The van der Waals surface area contributed by atoms with E-state index in [1.165, 1.54) is 0 Å². The molecule has 0 fully saturated rings. The lowest BCUT2D eigenvalue weighted by atomic mass is 10.2. The summed E-state index contributed by atoms with van der Waals surface area (Å²) >= 11 is 0. The van der Waals surface area contributed by atoms with Crippen LogP contribution in [0.5, 0.6) is 5.75 Å². The second-order valence-electron chi connectivity index (χ2n) is 4.64. The van der Waals surface area contributed by atoms with E-state index in [9.17, 15) is 9.90 Å². The van der Waals surface area contributed by atoms with Crippen LogP contribution in [-0.2, 0) is 11.3 Å². The highest BCUT2D eigenvalue weighted by atomic mass is 16.3. The zero-order chi connectivity index (χ0) is 14.4. The van der Waals surface area contributed by atoms with Crippen molar-refractivity contribution in [2.75, 3.05) is 18.9 Å². The van der Waals surface area contributed by atoms with Crippen molar-refractivity contribution in [3.8, 4) is 5.75 Å². The summed E-state index contributed by atoms with van der Waals surface area (Å²) in [7, 11) is 1.75. The molecule has 4 heteroatoms. The Balaban J connectivity index is 1.86. The zero-order valence-corrected chi connectivity index (χ0v) is 11.4. The van der Waals surface area contributed by atoms with Crippen LogP contribution >= 0.6 is 0 Å². The topological polar surface area (TPSA) is 52.6 Å². The van der Waals surface area contributed by atoms with Crippen LogP contribution in [0.15, 0.2) is 54.6 Å². The Labute approximate surface area is 118 Å². The number of nitrogens with one attached hydrogen (secondary N) is 1. The Hall–Kier alpha value is -2.49. The van der Waals surface area contributed by atoms with Gasteiger partial charge in [0.1, 0.15) is 5.75 Å². The molecule has 2 aromatic carbocycles. The van der Waals surface area contributed by atoms with Crippen LogP contribution in [0, 0.1) is 0 Å². The van der Waals surface area contributed by atoms with Crippen molar-refractivity contribution in [3.63, 3.8) is 0 Å². The maximum Gasteiger partial charge on any atom is 0.241 e. The molecule has 104 valence electrons. The number of hydrogen-bond donors (Lipinski definition) is 2. The number of rotatable bonds is 5. The molecule has 0 aliphatic carbocycles. The highest BCUT2D eigenvalue weighted by Gasteiger charge is 2.09. The van der Waals surface area contributed by atoms with Gasteiger partial charge in [0.15, 0.2) is 0 Å². The third-order valence-corrected chi connectivity index (χ3v) is 2.97. The summed E-state index contributed by atoms with van der Waals surface area (Å²) in [4.78, 5) is 13.6. The molecule has 4 nitrogen and oxygen atoms in total. The molecule has 2 N–H and O–H groups in total. The lowest BCUT2D eigenvalue weighted by Crippen LogP contribution is -2.31. The largest absolute Gasteiger partial charge is 0.508 e. The van der Waals surface area contributed by atoms with Gasteiger partial charge in [0, 0.05) is 19.3 Å². The summed E-state index contributed by atoms with van der Waals surface area (Å²) in [5, 5.41) is 12.5. The minimum absolute atomic E-state index is 0.00260. The van der Waals surface area contributed by atoms with E-state index < -0.39 is 0 Å². The van der Waals surface area contributed by atoms with E-state index in [-0.39, 0.29) is 18.2 Å². The summed E-state index contributed by atoms with van der Waals surface area (Å²) in [6, 6.07) is 16.5. The van der Waals surface area contributed by atoms with Gasteiger partial charge in [0.2, 0.25) is 5.91 Å². The number of amides is 1. The van der Waals surface area contributed by atoms with Crippen molar-refractivity contribution in [2.45, 2.75) is 6.54 Å². The fourth-order valence-electron chi connectivity index (χ4n) is 1.89. The van der Waals surface area contributed by atoms with Gasteiger partial charge < -0.3 is 15.3 Å². The molecule has 0 aromatic heterocycles. The van der Waals surface area contributed by atoms with Crippen LogP contribution in [0.4, 0.5) is 5.69 Å². The number of carbonyl (C=O) groups is 1. The van der Waals surface area contributed by atoms with Crippen LogP contribution in [-0.4, -0.2) is 29.5 Å². The van der Waals surface area contributed by atoms with Gasteiger partial charge in [-0.3, -0.25) is 4.79 Å². The number of nitrogens with zero attached hydrogens (tertiary/aromatic N) is 1. The molecule has 0 aliphatic rings. The Morgan fingerprint density at radius 2 is 1.90 bits per heavy atom. The molecule has 0 aliphatic heterocycles. The quantitative estimate of drug-likeness (QED) is 0.877. The first kappa shape index (κ1) is 13.9. The van der Waals surface area contributed by atoms with Crippen LogP contribution in [0.3, 0.4) is 0 Å². The van der Waals surface area contributed by atoms with E-state index in [4.69, 9.17) is 0 Å². The Morgan fingerprint density at radius 3 is 2.60 bits per heavy atom. The molecule has 0 unspecified atom stereocenters. The smallest absolute Gasteiger partial charge is 0.241 e. The first-order chi connectivity index (χ1) is 9.65. The molecule has 0 radical (unpaired) electrons. The number of phenols is 1. The van der Waals surface area contributed by atoms with Crippen molar-refractivity contribution in [3.05, 3.63) is 60.2 Å². The highest BCUT2D eigenvalue weighted by Crippen LogP contribution is 2.12. The van der Waals surface area contributed by atoms with Gasteiger partial charge in [-0.25, -0.2) is 0 Å². The number of anilines is 1. The fraction of sp³-hybridized carbons (Fsp3) is 0.188. The second-order valence-corrected chi connectivity index (χ2v) is 4.64. The molecule has 0 spiro atoms. The standard InChI is InChI=1S/C16H18N2O2/c1-18(12-13-6-5-9-15(19)10-13)16(20)11-17-14-7-3-2-4-8-14/h2-10,17,19H,11-12H2,1H3. The molecular weight excluding hydrogens is 252 g/mol. The third kappa shape index (κ3) is 4.02. The minimum atomic E-state index is -0.00260. The summed E-state index contributed by atoms with van der Waals surface area (Å²) in [6.07, 6.45) is 0. The average molecular weight is 270 g/mol. The molecule has 20 heavy (non-hydrogen) atoms. The van der Waals surface area contributed by atoms with Crippen molar-refractivity contribution in [2.24, 2.45) is 0 Å². The third-order valence-electron chi connectivity index (χ3n) is 2.97. The summed E-state index contributed by atoms with van der Waals surface area (Å²) in [6.45, 7) is 0.725. The molecular formula is C16H18N2O2. The molecule has 0 saturated heterocycles. The van der Waals surface area contributed by atoms with E-state index in [2.05, 4.69) is 5.32 Å². The minimum Gasteiger partial charge on any atom is -0.508 e. The molecule has 0 bridgehead atoms. The van der Waals surface area contributed by atoms with E-state index in [0.29, 0.717) is 6.54 Å². The van der Waals surface area contributed by atoms with Gasteiger partial charge in [-0.1, -0.05) is 30.3 Å². The number of aromatic hydroxyl groups is 1. The highest BCUT2D eigenvalue weighted by molar-refractivity contribution is 5.80. The normalized spacial score (nSPS) is 10.1. The number of likely N-dealkylation sites (N-methyl/N-ethyl adjacent to an activating group) is 1. The first-order valence-corrected chi connectivity index (χ1v) is 6.46. The van der Waals surface area contributed by atoms with Gasteiger partial charge in [-0.15, -0.1) is 0 Å². The van der Waals surface area contributed by atoms with Gasteiger partial charge in [-0.2, -0.15) is 0 Å². The maximum atomic E-state index is 12.0. The maximum absolute atomic E-state index is 12.0. The molecule has 0 atom stereocenters. The second kappa shape index (κ2) is 6.61. The van der Waals surface area contributed by atoms with Crippen molar-refractivity contribution >= 4 is 11.6 Å². The zero-order valence-electron chi connectivity index (χ0n) is 11.4. The van der Waals surface area contributed by atoms with E-state index in [1.807, 2.05) is 36.4 Å². The number of para-hydroxylation sites is 1. The lowest BCUT2D eigenvalue weighted by molar-refractivity contribution is -0.128. The van der Waals surface area contributed by atoms with Gasteiger partial charge in [-0.05, 0) is 29.8 Å². The van der Waals surface area contributed by atoms with Crippen LogP contribution in [0.2, 0.25) is 0 Å². The number of carbonyl (C=O) groups excluding carboxylic acids is 1. The van der Waals surface area contributed by atoms with E-state index >= 15 is 0 Å². The van der Waals surface area contributed by atoms with Crippen molar-refractivity contribution in [1.82, 2.24) is 4.90 Å². The van der Waals surface area contributed by atoms with E-state index in [1.54, 1.807) is 30.1 Å². The molecule has 1 amide bonds. The molecule has 2 rings (SSSR count). The SMILES string of the molecule is CN(Cc1cccc(O)c1)C(=O)CNc1ccccc1. The Kier molecular flexibility index (Phi) is 4.60. The number of benzene rings is 2. The first-order valence-electron chi connectivity index (χ1n) is 6.46. The van der Waals surface area contributed by atoms with Gasteiger partial charge in [0.05, 0.1) is 6.54 Å². The average Bonchev–Trinajstić information content (AvgIpc) is 2.46. The molecule has 0 saturated carbocycles. The summed E-state index contributed by atoms with van der Waals surface area (Å²) in [5.41, 5.74) is 1.83. The van der Waals surface area contributed by atoms with Crippen molar-refractivity contribution in [1.29, 1.82) is 0 Å². The number of phenolic OH excluding ortho intramolecular Hbond substituents is 1. The molecule has 0 heterocycles. The van der Waals surface area contributed by atoms with Crippen molar-refractivity contribution < 1.29 is 9.90 Å². The molecule has 2 aromatic rings. The summed E-state index contributed by atoms with van der Waals surface area (Å²) in [5.74, 6) is 0.211. The lowest BCUT2D eigenvalue weighted by Gasteiger charge is -2.18. The fourth-order valence-corrected chi connectivity index (χ4v) is 1.89. The number of hydrogen-bond acceptors (Lipinski definition) is 3. The van der Waals surface area contributed by atoms with Crippen LogP contribution in [0.1, 0.15) is 5.56 Å². The summed E-state index contributed by atoms with van der Waals surface area (Å²) < 4.78 is 0. The predicted octanol–water partition coefficient (Wildman–Crippen LogP) is 2.46.